The Morgan fingerprint density at radius 2 is 1.60 bits per heavy atom. The van der Waals surface area contributed by atoms with Gasteiger partial charge in [0.15, 0.2) is 0 Å². The Kier molecular flexibility index (Phi) is 9.46. The van der Waals surface area contributed by atoms with E-state index >= 15 is 0 Å². The molecule has 1 aromatic carbocycles. The Bertz CT molecular complexity index is 1370. The van der Waals surface area contributed by atoms with Gasteiger partial charge in [0.1, 0.15) is 0 Å². The molecule has 5 nitrogen and oxygen atoms in total. The lowest BCUT2D eigenvalue weighted by Gasteiger charge is -2.72. The molecule has 1 aromatic rings. The van der Waals surface area contributed by atoms with Crippen molar-refractivity contribution in [2.45, 2.75) is 106 Å². The maximum absolute atomic E-state index is 11.5. The maximum atomic E-state index is 11.5. The minimum atomic E-state index is -0.858. The number of aromatic carboxylic acids is 1. The lowest BCUT2D eigenvalue weighted by atomic mass is 9.32. The van der Waals surface area contributed by atoms with Gasteiger partial charge in [-0.25, -0.2) is 4.79 Å². The van der Waals surface area contributed by atoms with Gasteiger partial charge in [0.2, 0.25) is 0 Å². The Balaban J connectivity index is 1.26. The van der Waals surface area contributed by atoms with E-state index in [1.165, 1.54) is 68.1 Å². The first-order valence-electron chi connectivity index (χ1n) is 19.0. The van der Waals surface area contributed by atoms with E-state index in [9.17, 15) is 9.90 Å². The van der Waals surface area contributed by atoms with Crippen LogP contribution < -0.4 is 10.6 Å². The minimum Gasteiger partial charge on any atom is -0.478 e. The Labute approximate surface area is 285 Å². The normalized spacial score (nSPS) is 40.4. The zero-order chi connectivity index (χ0) is 33.8. The van der Waals surface area contributed by atoms with Crippen molar-refractivity contribution in [1.29, 1.82) is 0 Å². The lowest BCUT2D eigenvalue weighted by Crippen LogP contribution is -2.65. The molecule has 0 saturated heterocycles. The number of carbonyl (C=O) groups is 1. The molecule has 0 bridgehead atoms. The summed E-state index contributed by atoms with van der Waals surface area (Å²) in [6, 6.07) is 7.63. The summed E-state index contributed by atoms with van der Waals surface area (Å²) in [5.41, 5.74) is 5.73. The standard InChI is InChI=1S/C42H64N2O3/c1-28(2)31-15-20-42(27-44-24-8-23-43-25-26-45)22-21-40(6)33(36(31)42)13-14-35-39(5)18-16-32(29-9-11-30(12-10-29)37(46)47)38(3,4)34(39)17-19-41(35,40)7/h9-12,16,31,33-36,43-45H,1,8,13-15,17-27H2,2-7H3,(H,46,47). The van der Waals surface area contributed by atoms with E-state index in [2.05, 4.69) is 64.8 Å². The number of benzene rings is 1. The number of aliphatic hydroxyl groups is 1. The average molecular weight is 645 g/mol. The number of allylic oxidation sites excluding steroid dienone is 3. The molecule has 5 aliphatic rings. The Morgan fingerprint density at radius 1 is 0.872 bits per heavy atom. The van der Waals surface area contributed by atoms with Crippen molar-refractivity contribution in [3.63, 3.8) is 0 Å². The van der Waals surface area contributed by atoms with Crippen molar-refractivity contribution in [3.8, 4) is 0 Å². The van der Waals surface area contributed by atoms with Crippen molar-refractivity contribution in [2.75, 3.05) is 32.8 Å². The van der Waals surface area contributed by atoms with Gasteiger partial charge >= 0.3 is 5.97 Å². The first kappa shape index (κ1) is 34.9. The molecule has 4 fully saturated rings. The first-order valence-corrected chi connectivity index (χ1v) is 19.0. The van der Waals surface area contributed by atoms with E-state index in [1.54, 1.807) is 12.1 Å². The highest BCUT2D eigenvalue weighted by Crippen LogP contribution is 2.77. The third-order valence-corrected chi connectivity index (χ3v) is 15.7. The molecule has 0 heterocycles. The molecule has 0 aliphatic heterocycles. The second-order valence-electron chi connectivity index (χ2n) is 18.0. The highest BCUT2D eigenvalue weighted by atomic mass is 16.4. The average Bonchev–Trinajstić information content (AvgIpc) is 3.41. The number of hydrogen-bond acceptors (Lipinski definition) is 4. The third kappa shape index (κ3) is 5.50. The fourth-order valence-corrected chi connectivity index (χ4v) is 13.4. The van der Waals surface area contributed by atoms with E-state index in [0.717, 1.165) is 44.3 Å². The monoisotopic (exact) mass is 644 g/mol. The van der Waals surface area contributed by atoms with Gasteiger partial charge in [0, 0.05) is 13.1 Å². The number of fused-ring (bicyclic) bond motifs is 7. The van der Waals surface area contributed by atoms with Gasteiger partial charge in [0.05, 0.1) is 12.2 Å². The largest absolute Gasteiger partial charge is 0.478 e. The Morgan fingerprint density at radius 3 is 2.28 bits per heavy atom. The van der Waals surface area contributed by atoms with Gasteiger partial charge in [-0.15, -0.1) is 0 Å². The zero-order valence-corrected chi connectivity index (χ0v) is 30.4. The number of hydrogen-bond donors (Lipinski definition) is 4. The summed E-state index contributed by atoms with van der Waals surface area (Å²) < 4.78 is 0. The number of carboxylic acids is 1. The molecule has 0 amide bonds. The molecule has 4 N–H and O–H groups in total. The molecule has 4 saturated carbocycles. The van der Waals surface area contributed by atoms with E-state index < -0.39 is 5.97 Å². The topological polar surface area (TPSA) is 81.6 Å². The zero-order valence-electron chi connectivity index (χ0n) is 30.4. The molecule has 260 valence electrons. The van der Waals surface area contributed by atoms with Crippen molar-refractivity contribution in [2.24, 2.45) is 56.7 Å². The van der Waals surface area contributed by atoms with Crippen molar-refractivity contribution >= 4 is 11.5 Å². The number of rotatable bonds is 11. The maximum Gasteiger partial charge on any atom is 0.335 e. The van der Waals surface area contributed by atoms with E-state index in [-0.39, 0.29) is 17.4 Å². The molecule has 0 spiro atoms. The fraction of sp³-hybridized carbons (Fsp3) is 0.738. The predicted molar refractivity (Wildman–Crippen MR) is 193 cm³/mol. The molecule has 9 unspecified atom stereocenters. The molecule has 5 aliphatic carbocycles. The summed E-state index contributed by atoms with van der Waals surface area (Å²) in [6.07, 6.45) is 15.4. The molecule has 0 aromatic heterocycles. The molecule has 6 rings (SSSR count). The van der Waals surface area contributed by atoms with Gasteiger partial charge < -0.3 is 20.8 Å². The van der Waals surface area contributed by atoms with Crippen LogP contribution in [0.2, 0.25) is 0 Å². The summed E-state index contributed by atoms with van der Waals surface area (Å²) in [5, 5.41) is 25.8. The van der Waals surface area contributed by atoms with E-state index in [0.29, 0.717) is 46.1 Å². The number of nitrogens with one attached hydrogen (secondary N) is 2. The minimum absolute atomic E-state index is 0.0360. The Hall–Kier alpha value is -1.95. The molecule has 47 heavy (non-hydrogen) atoms. The van der Waals surface area contributed by atoms with E-state index in [4.69, 9.17) is 5.11 Å². The van der Waals surface area contributed by atoms with Crippen LogP contribution in [0.3, 0.4) is 0 Å². The third-order valence-electron chi connectivity index (χ3n) is 15.7. The van der Waals surface area contributed by atoms with Crippen LogP contribution in [-0.4, -0.2) is 49.0 Å². The van der Waals surface area contributed by atoms with Gasteiger partial charge in [-0.05, 0) is 164 Å². The number of aliphatic hydroxyl groups excluding tert-OH is 1. The highest BCUT2D eigenvalue weighted by Gasteiger charge is 2.70. The van der Waals surface area contributed by atoms with Crippen LogP contribution in [0.4, 0.5) is 0 Å². The van der Waals surface area contributed by atoms with Gasteiger partial charge in [-0.2, -0.15) is 0 Å². The molecule has 9 atom stereocenters. The highest BCUT2D eigenvalue weighted by molar-refractivity contribution is 5.88. The van der Waals surface area contributed by atoms with E-state index in [1.807, 2.05) is 12.1 Å². The summed E-state index contributed by atoms with van der Waals surface area (Å²) >= 11 is 0. The quantitative estimate of drug-likeness (QED) is 0.143. The van der Waals surface area contributed by atoms with Crippen LogP contribution in [0.1, 0.15) is 122 Å². The van der Waals surface area contributed by atoms with Crippen molar-refractivity contribution < 1.29 is 15.0 Å². The van der Waals surface area contributed by atoms with Crippen LogP contribution in [0.5, 0.6) is 0 Å². The molecular weight excluding hydrogens is 580 g/mol. The second-order valence-corrected chi connectivity index (χ2v) is 18.0. The number of carboxylic acid groups (broad SMARTS) is 1. The molecule has 0 radical (unpaired) electrons. The van der Waals surface area contributed by atoms with Crippen molar-refractivity contribution in [1.82, 2.24) is 10.6 Å². The van der Waals surface area contributed by atoms with Crippen LogP contribution in [0.15, 0.2) is 42.5 Å². The smallest absolute Gasteiger partial charge is 0.335 e. The van der Waals surface area contributed by atoms with Crippen LogP contribution in [-0.2, 0) is 0 Å². The van der Waals surface area contributed by atoms with Crippen LogP contribution in [0.25, 0.3) is 5.57 Å². The summed E-state index contributed by atoms with van der Waals surface area (Å²) in [4.78, 5) is 11.5. The summed E-state index contributed by atoms with van der Waals surface area (Å²) in [5.74, 6) is 2.59. The lowest BCUT2D eigenvalue weighted by molar-refractivity contribution is -0.225. The predicted octanol–water partition coefficient (Wildman–Crippen LogP) is 8.60. The SMILES string of the molecule is C=C(C)C1CCC2(CNCCCNCCO)CCC3(C)C(CCC4C5(C)CC=C(c6ccc(C(=O)O)cc6)C(C)(C)C5CCC43C)C12. The second kappa shape index (κ2) is 12.7. The van der Waals surface area contributed by atoms with Gasteiger partial charge in [0.25, 0.3) is 0 Å². The van der Waals surface area contributed by atoms with Gasteiger partial charge in [-0.1, -0.05) is 65.0 Å². The van der Waals surface area contributed by atoms with Crippen molar-refractivity contribution in [3.05, 3.63) is 53.6 Å². The summed E-state index contributed by atoms with van der Waals surface area (Å²) in [7, 11) is 0. The molecule has 5 heteroatoms. The van der Waals surface area contributed by atoms with Gasteiger partial charge in [-0.3, -0.25) is 0 Å². The summed E-state index contributed by atoms with van der Waals surface area (Å²) in [6.45, 7) is 24.0. The molecular formula is C42H64N2O3. The van der Waals surface area contributed by atoms with Crippen LogP contribution >= 0.6 is 0 Å². The first-order chi connectivity index (χ1) is 22.2. The fourth-order valence-electron chi connectivity index (χ4n) is 13.4. The van der Waals surface area contributed by atoms with Crippen LogP contribution in [0, 0.1) is 56.7 Å².